The van der Waals surface area contributed by atoms with Crippen molar-refractivity contribution in [3.63, 3.8) is 0 Å². The molecule has 28 heavy (non-hydrogen) atoms. The Hall–Kier alpha value is -1.84. The summed E-state index contributed by atoms with van der Waals surface area (Å²) in [4.78, 5) is 22.8. The summed E-state index contributed by atoms with van der Waals surface area (Å²) in [5.74, 6) is 2.94. The third-order valence-corrected chi connectivity index (χ3v) is 7.99. The summed E-state index contributed by atoms with van der Waals surface area (Å²) in [6, 6.07) is 6.55. The second kappa shape index (κ2) is 7.53. The minimum absolute atomic E-state index is 0.0416. The van der Waals surface area contributed by atoms with E-state index in [1.807, 2.05) is 0 Å². The van der Waals surface area contributed by atoms with Crippen molar-refractivity contribution < 1.29 is 19.1 Å². The van der Waals surface area contributed by atoms with Gasteiger partial charge in [-0.15, -0.1) is 0 Å². The van der Waals surface area contributed by atoms with Gasteiger partial charge >= 0.3 is 5.97 Å². The fraction of sp³-hybridized carbons (Fsp3) is 0.667. The van der Waals surface area contributed by atoms with E-state index in [4.69, 9.17) is 9.47 Å². The molecule has 0 bridgehead atoms. The summed E-state index contributed by atoms with van der Waals surface area (Å²) in [7, 11) is 1.72. The largest absolute Gasteiger partial charge is 0.497 e. The van der Waals surface area contributed by atoms with E-state index in [9.17, 15) is 9.59 Å². The van der Waals surface area contributed by atoms with Crippen LogP contribution in [0.2, 0.25) is 0 Å². The lowest BCUT2D eigenvalue weighted by molar-refractivity contribution is -0.155. The van der Waals surface area contributed by atoms with Crippen LogP contribution in [0, 0.1) is 23.2 Å². The van der Waals surface area contributed by atoms with Crippen molar-refractivity contribution in [1.29, 1.82) is 0 Å². The molecule has 0 saturated heterocycles. The zero-order valence-corrected chi connectivity index (χ0v) is 17.3. The molecule has 3 aliphatic rings. The molecule has 0 heterocycles. The molecular formula is C24H32O4. The van der Waals surface area contributed by atoms with Gasteiger partial charge in [-0.25, -0.2) is 0 Å². The van der Waals surface area contributed by atoms with Crippen LogP contribution >= 0.6 is 0 Å². The van der Waals surface area contributed by atoms with Gasteiger partial charge in [-0.05, 0) is 85.5 Å². The van der Waals surface area contributed by atoms with Gasteiger partial charge in [-0.2, -0.15) is 0 Å². The van der Waals surface area contributed by atoms with Crippen LogP contribution in [0.1, 0.15) is 69.4 Å². The van der Waals surface area contributed by atoms with Crippen molar-refractivity contribution in [3.05, 3.63) is 29.3 Å². The number of benzene rings is 1. The first-order valence-corrected chi connectivity index (χ1v) is 10.8. The van der Waals surface area contributed by atoms with Crippen LogP contribution < -0.4 is 4.74 Å². The van der Waals surface area contributed by atoms with Crippen molar-refractivity contribution in [2.45, 2.75) is 70.8 Å². The Morgan fingerprint density at radius 3 is 2.82 bits per heavy atom. The van der Waals surface area contributed by atoms with Crippen LogP contribution in [-0.2, 0) is 20.7 Å². The molecule has 0 radical (unpaired) electrons. The number of esters is 1. The number of carbonyl (C=O) groups is 2. The Morgan fingerprint density at radius 2 is 2.11 bits per heavy atom. The molecule has 2 saturated carbocycles. The minimum atomic E-state index is -0.160. The maximum absolute atomic E-state index is 11.7. The molecule has 0 unspecified atom stereocenters. The maximum Gasteiger partial charge on any atom is 0.302 e. The Balaban J connectivity index is 1.69. The fourth-order valence-electron chi connectivity index (χ4n) is 6.80. The topological polar surface area (TPSA) is 52.6 Å². The standard InChI is InChI=1S/C24H32O4/c1-15(26)28-22-9-8-21-23-16(5-4-12-25)13-17-14-18(27-3)6-7-19(17)20(23)10-11-24(21,22)2/h6-7,12,14,16,20-23H,4-5,8-11,13H2,1-3H3/t16-,20-,21+,22+,23-,24+/m1/s1. The van der Waals surface area contributed by atoms with Crippen molar-refractivity contribution in [2.75, 3.05) is 7.11 Å². The minimum Gasteiger partial charge on any atom is -0.497 e. The molecule has 6 atom stereocenters. The first-order chi connectivity index (χ1) is 13.5. The van der Waals surface area contributed by atoms with Gasteiger partial charge < -0.3 is 14.3 Å². The Bertz CT molecular complexity index is 757. The SMILES string of the molecule is COc1ccc2c(c1)C[C@@H](CCC=O)[C@@H]1[C@@H]2CC[C@]2(C)[C@@H](OC(C)=O)CC[C@@H]12. The van der Waals surface area contributed by atoms with E-state index in [1.165, 1.54) is 18.1 Å². The average Bonchev–Trinajstić information content (AvgIpc) is 3.01. The van der Waals surface area contributed by atoms with E-state index < -0.39 is 0 Å². The second-order valence-corrected chi connectivity index (χ2v) is 9.28. The molecule has 3 aliphatic carbocycles. The number of aldehydes is 1. The van der Waals surface area contributed by atoms with Crippen LogP contribution in [0.5, 0.6) is 5.75 Å². The van der Waals surface area contributed by atoms with Crippen molar-refractivity contribution in [2.24, 2.45) is 23.2 Å². The maximum atomic E-state index is 11.7. The van der Waals surface area contributed by atoms with E-state index in [-0.39, 0.29) is 17.5 Å². The van der Waals surface area contributed by atoms with E-state index >= 15 is 0 Å². The lowest BCUT2D eigenvalue weighted by Crippen LogP contribution is -2.48. The average molecular weight is 385 g/mol. The first-order valence-electron chi connectivity index (χ1n) is 10.8. The zero-order chi connectivity index (χ0) is 19.9. The monoisotopic (exact) mass is 384 g/mol. The number of carbonyl (C=O) groups excluding carboxylic acids is 2. The summed E-state index contributed by atoms with van der Waals surface area (Å²) >= 11 is 0. The van der Waals surface area contributed by atoms with Gasteiger partial charge in [0, 0.05) is 18.8 Å². The van der Waals surface area contributed by atoms with Crippen molar-refractivity contribution in [1.82, 2.24) is 0 Å². The van der Waals surface area contributed by atoms with E-state index in [0.717, 1.165) is 50.6 Å². The molecule has 0 amide bonds. The predicted molar refractivity (Wildman–Crippen MR) is 107 cm³/mol. The zero-order valence-electron chi connectivity index (χ0n) is 17.3. The third-order valence-electron chi connectivity index (χ3n) is 7.99. The number of fused-ring (bicyclic) bond motifs is 5. The van der Waals surface area contributed by atoms with Crippen molar-refractivity contribution >= 4 is 12.3 Å². The van der Waals surface area contributed by atoms with Gasteiger partial charge in [-0.3, -0.25) is 4.79 Å². The number of ether oxygens (including phenoxy) is 2. The summed E-state index contributed by atoms with van der Waals surface area (Å²) in [6.45, 7) is 3.87. The lowest BCUT2D eigenvalue weighted by atomic mass is 9.52. The molecule has 2 fully saturated rings. The third kappa shape index (κ3) is 3.15. The summed E-state index contributed by atoms with van der Waals surface area (Å²) in [5.41, 5.74) is 2.94. The van der Waals surface area contributed by atoms with Gasteiger partial charge in [0.1, 0.15) is 18.1 Å². The summed E-state index contributed by atoms with van der Waals surface area (Å²) in [5, 5.41) is 0. The highest BCUT2D eigenvalue weighted by atomic mass is 16.5. The number of methoxy groups -OCH3 is 1. The molecule has 0 N–H and O–H groups in total. The number of rotatable bonds is 5. The highest BCUT2D eigenvalue weighted by molar-refractivity contribution is 5.66. The quantitative estimate of drug-likeness (QED) is 0.546. The molecule has 4 heteroatoms. The van der Waals surface area contributed by atoms with Crippen LogP contribution in [0.3, 0.4) is 0 Å². The van der Waals surface area contributed by atoms with Crippen LogP contribution in [0.25, 0.3) is 0 Å². The number of hydrogen-bond acceptors (Lipinski definition) is 4. The Morgan fingerprint density at radius 1 is 1.29 bits per heavy atom. The normalized spacial score (nSPS) is 36.0. The molecule has 4 rings (SSSR count). The molecular weight excluding hydrogens is 352 g/mol. The Labute approximate surface area is 168 Å². The highest BCUT2D eigenvalue weighted by Gasteiger charge is 2.57. The van der Waals surface area contributed by atoms with E-state index in [0.29, 0.717) is 30.1 Å². The van der Waals surface area contributed by atoms with Gasteiger partial charge in [0.05, 0.1) is 7.11 Å². The van der Waals surface area contributed by atoms with Gasteiger partial charge in [0.15, 0.2) is 0 Å². The molecule has 1 aromatic carbocycles. The van der Waals surface area contributed by atoms with Crippen LogP contribution in [-0.4, -0.2) is 25.5 Å². The highest BCUT2D eigenvalue weighted by Crippen LogP contribution is 2.63. The summed E-state index contributed by atoms with van der Waals surface area (Å²) < 4.78 is 11.2. The molecule has 4 nitrogen and oxygen atoms in total. The first kappa shape index (κ1) is 19.5. The van der Waals surface area contributed by atoms with E-state index in [2.05, 4.69) is 25.1 Å². The van der Waals surface area contributed by atoms with Gasteiger partial charge in [0.2, 0.25) is 0 Å². The van der Waals surface area contributed by atoms with Crippen LogP contribution in [0.15, 0.2) is 18.2 Å². The van der Waals surface area contributed by atoms with Gasteiger partial charge in [-0.1, -0.05) is 13.0 Å². The predicted octanol–water partition coefficient (Wildman–Crippen LogP) is 4.69. The summed E-state index contributed by atoms with van der Waals surface area (Å²) in [6.07, 6.45) is 8.03. The van der Waals surface area contributed by atoms with E-state index in [1.54, 1.807) is 7.11 Å². The second-order valence-electron chi connectivity index (χ2n) is 9.28. The molecule has 0 aromatic heterocycles. The van der Waals surface area contributed by atoms with Crippen LogP contribution in [0.4, 0.5) is 0 Å². The Kier molecular flexibility index (Phi) is 5.24. The fourth-order valence-corrected chi connectivity index (χ4v) is 6.80. The smallest absolute Gasteiger partial charge is 0.302 e. The number of hydrogen-bond donors (Lipinski definition) is 0. The molecule has 0 spiro atoms. The molecule has 0 aliphatic heterocycles. The van der Waals surface area contributed by atoms with Gasteiger partial charge in [0.25, 0.3) is 0 Å². The molecule has 152 valence electrons. The lowest BCUT2D eigenvalue weighted by Gasteiger charge is -2.53. The molecule has 1 aromatic rings. The van der Waals surface area contributed by atoms with Crippen molar-refractivity contribution in [3.8, 4) is 5.75 Å².